The van der Waals surface area contributed by atoms with Crippen LogP contribution in [0, 0.1) is 11.3 Å². The number of hydrogen-bond acceptors (Lipinski definition) is 2. The largest absolute Gasteiger partial charge is 0.481 e. The zero-order valence-corrected chi connectivity index (χ0v) is 11.6. The number of carbonyl (C=O) groups excluding carboxylic acids is 1. The van der Waals surface area contributed by atoms with Gasteiger partial charge in [-0.15, -0.1) is 0 Å². The van der Waals surface area contributed by atoms with Crippen molar-refractivity contribution >= 4 is 12.0 Å². The Kier molecular flexibility index (Phi) is 4.32. The lowest BCUT2D eigenvalue weighted by molar-refractivity contribution is -0.142. The number of carboxylic acids is 1. The standard InChI is InChI=1S/C14H24N2O3/c1-2-14(7-4-8-14)9-15-13(19)16-11-6-3-5-10(11)12(17)18/h10-11H,2-9H2,1H3,(H,17,18)(H2,15,16,19). The molecule has 0 aliphatic heterocycles. The average molecular weight is 268 g/mol. The summed E-state index contributed by atoms with van der Waals surface area (Å²) in [7, 11) is 0. The van der Waals surface area contributed by atoms with E-state index in [4.69, 9.17) is 5.11 Å². The first-order valence-corrected chi connectivity index (χ1v) is 7.33. The normalized spacial score (nSPS) is 28.5. The molecule has 5 nitrogen and oxygen atoms in total. The minimum absolute atomic E-state index is 0.210. The van der Waals surface area contributed by atoms with E-state index in [-0.39, 0.29) is 12.1 Å². The molecule has 0 heterocycles. The number of urea groups is 1. The van der Waals surface area contributed by atoms with Gasteiger partial charge in [0.25, 0.3) is 0 Å². The van der Waals surface area contributed by atoms with Gasteiger partial charge in [0.1, 0.15) is 0 Å². The first-order valence-electron chi connectivity index (χ1n) is 7.33. The first kappa shape index (κ1) is 14.2. The predicted molar refractivity (Wildman–Crippen MR) is 71.9 cm³/mol. The van der Waals surface area contributed by atoms with Crippen molar-refractivity contribution in [3.8, 4) is 0 Å². The minimum atomic E-state index is -0.799. The van der Waals surface area contributed by atoms with Crippen LogP contribution in [0.1, 0.15) is 51.9 Å². The molecule has 0 saturated heterocycles. The molecule has 0 aromatic rings. The van der Waals surface area contributed by atoms with Gasteiger partial charge in [-0.2, -0.15) is 0 Å². The van der Waals surface area contributed by atoms with Crippen molar-refractivity contribution in [1.29, 1.82) is 0 Å². The SMILES string of the molecule is CCC1(CNC(=O)NC2CCCC2C(=O)O)CCC1. The molecule has 2 aliphatic carbocycles. The fourth-order valence-electron chi connectivity index (χ4n) is 3.25. The van der Waals surface area contributed by atoms with E-state index in [0.717, 1.165) is 19.3 Å². The van der Waals surface area contributed by atoms with Crippen molar-refractivity contribution in [2.24, 2.45) is 11.3 Å². The topological polar surface area (TPSA) is 78.4 Å². The van der Waals surface area contributed by atoms with Crippen LogP contribution in [0.2, 0.25) is 0 Å². The van der Waals surface area contributed by atoms with Crippen LogP contribution in [0.25, 0.3) is 0 Å². The summed E-state index contributed by atoms with van der Waals surface area (Å²) in [6.07, 6.45) is 7.02. The van der Waals surface area contributed by atoms with E-state index < -0.39 is 11.9 Å². The Morgan fingerprint density at radius 3 is 2.53 bits per heavy atom. The molecule has 0 spiro atoms. The van der Waals surface area contributed by atoms with E-state index in [0.29, 0.717) is 18.4 Å². The van der Waals surface area contributed by atoms with Crippen LogP contribution in [-0.2, 0) is 4.79 Å². The van der Waals surface area contributed by atoms with Crippen LogP contribution >= 0.6 is 0 Å². The van der Waals surface area contributed by atoms with Crippen molar-refractivity contribution in [3.63, 3.8) is 0 Å². The lowest BCUT2D eigenvalue weighted by Crippen LogP contribution is -2.49. The average Bonchev–Trinajstić information content (AvgIpc) is 2.76. The monoisotopic (exact) mass is 268 g/mol. The van der Waals surface area contributed by atoms with Gasteiger partial charge >= 0.3 is 12.0 Å². The Bertz CT molecular complexity index is 347. The van der Waals surface area contributed by atoms with E-state index in [1.165, 1.54) is 19.3 Å². The number of hydrogen-bond donors (Lipinski definition) is 3. The number of aliphatic carboxylic acids is 1. The Labute approximate surface area is 114 Å². The number of amides is 2. The molecule has 0 radical (unpaired) electrons. The zero-order valence-electron chi connectivity index (χ0n) is 11.6. The molecule has 2 aliphatic rings. The second-order valence-corrected chi connectivity index (χ2v) is 6.02. The van der Waals surface area contributed by atoms with Gasteiger partial charge in [-0.05, 0) is 37.5 Å². The molecule has 3 N–H and O–H groups in total. The molecule has 0 aromatic carbocycles. The molecule has 2 saturated carbocycles. The van der Waals surface area contributed by atoms with Crippen molar-refractivity contribution in [3.05, 3.63) is 0 Å². The molecule has 2 unspecified atom stereocenters. The third-order valence-corrected chi connectivity index (χ3v) is 4.94. The Morgan fingerprint density at radius 2 is 2.00 bits per heavy atom. The summed E-state index contributed by atoms with van der Waals surface area (Å²) in [5.41, 5.74) is 0.291. The van der Waals surface area contributed by atoms with Crippen LogP contribution in [0.4, 0.5) is 4.79 Å². The Hall–Kier alpha value is -1.26. The highest BCUT2D eigenvalue weighted by Gasteiger charge is 2.36. The summed E-state index contributed by atoms with van der Waals surface area (Å²) in [4.78, 5) is 22.9. The van der Waals surface area contributed by atoms with Crippen LogP contribution in [0.15, 0.2) is 0 Å². The van der Waals surface area contributed by atoms with Crippen molar-refractivity contribution in [1.82, 2.24) is 10.6 Å². The van der Waals surface area contributed by atoms with Gasteiger partial charge in [-0.3, -0.25) is 4.79 Å². The van der Waals surface area contributed by atoms with E-state index in [1.54, 1.807) is 0 Å². The number of rotatable bonds is 5. The summed E-state index contributed by atoms with van der Waals surface area (Å²) in [6.45, 7) is 2.87. The maximum absolute atomic E-state index is 11.9. The van der Waals surface area contributed by atoms with Gasteiger partial charge in [-0.1, -0.05) is 19.8 Å². The molecule has 2 rings (SSSR count). The van der Waals surface area contributed by atoms with Gasteiger partial charge in [0, 0.05) is 12.6 Å². The van der Waals surface area contributed by atoms with Gasteiger partial charge in [0.05, 0.1) is 5.92 Å². The second-order valence-electron chi connectivity index (χ2n) is 6.02. The summed E-state index contributed by atoms with van der Waals surface area (Å²) < 4.78 is 0. The van der Waals surface area contributed by atoms with Gasteiger partial charge in [-0.25, -0.2) is 4.79 Å². The molecule has 2 fully saturated rings. The molecule has 0 aromatic heterocycles. The quantitative estimate of drug-likeness (QED) is 0.714. The Morgan fingerprint density at radius 1 is 1.26 bits per heavy atom. The third kappa shape index (κ3) is 3.19. The number of carbonyl (C=O) groups is 2. The van der Waals surface area contributed by atoms with E-state index in [1.807, 2.05) is 0 Å². The zero-order chi connectivity index (χ0) is 13.9. The molecular weight excluding hydrogens is 244 g/mol. The molecule has 19 heavy (non-hydrogen) atoms. The molecule has 5 heteroatoms. The summed E-state index contributed by atoms with van der Waals surface area (Å²) in [5, 5.41) is 14.8. The molecule has 108 valence electrons. The lowest BCUT2D eigenvalue weighted by Gasteiger charge is -2.41. The van der Waals surface area contributed by atoms with E-state index in [2.05, 4.69) is 17.6 Å². The smallest absolute Gasteiger partial charge is 0.315 e. The van der Waals surface area contributed by atoms with Crippen LogP contribution in [-0.4, -0.2) is 29.7 Å². The maximum Gasteiger partial charge on any atom is 0.315 e. The number of carboxylic acid groups (broad SMARTS) is 1. The molecular formula is C14H24N2O3. The molecule has 2 amide bonds. The number of nitrogens with one attached hydrogen (secondary N) is 2. The van der Waals surface area contributed by atoms with Crippen molar-refractivity contribution in [2.75, 3.05) is 6.54 Å². The van der Waals surface area contributed by atoms with Crippen LogP contribution in [0.3, 0.4) is 0 Å². The fraction of sp³-hybridized carbons (Fsp3) is 0.857. The third-order valence-electron chi connectivity index (χ3n) is 4.94. The summed E-state index contributed by atoms with van der Waals surface area (Å²) in [5.74, 6) is -1.22. The minimum Gasteiger partial charge on any atom is -0.481 e. The van der Waals surface area contributed by atoms with Crippen molar-refractivity contribution < 1.29 is 14.7 Å². The highest BCUT2D eigenvalue weighted by atomic mass is 16.4. The highest BCUT2D eigenvalue weighted by Crippen LogP contribution is 2.43. The second kappa shape index (κ2) is 5.80. The summed E-state index contributed by atoms with van der Waals surface area (Å²) >= 11 is 0. The van der Waals surface area contributed by atoms with Crippen molar-refractivity contribution in [2.45, 2.75) is 57.9 Å². The van der Waals surface area contributed by atoms with E-state index in [9.17, 15) is 9.59 Å². The van der Waals surface area contributed by atoms with Gasteiger partial charge in [0.15, 0.2) is 0 Å². The highest BCUT2D eigenvalue weighted by molar-refractivity contribution is 5.77. The predicted octanol–water partition coefficient (Wildman–Crippen LogP) is 2.12. The fourth-order valence-corrected chi connectivity index (χ4v) is 3.25. The van der Waals surface area contributed by atoms with Gasteiger partial charge in [0.2, 0.25) is 0 Å². The molecule has 2 atom stereocenters. The van der Waals surface area contributed by atoms with Crippen LogP contribution < -0.4 is 10.6 Å². The first-order chi connectivity index (χ1) is 9.06. The summed E-state index contributed by atoms with van der Waals surface area (Å²) in [6, 6.07) is -0.422. The van der Waals surface area contributed by atoms with Gasteiger partial charge < -0.3 is 15.7 Å². The lowest BCUT2D eigenvalue weighted by atomic mass is 9.67. The molecule has 0 bridgehead atoms. The van der Waals surface area contributed by atoms with Crippen LogP contribution in [0.5, 0.6) is 0 Å². The maximum atomic E-state index is 11.9. The van der Waals surface area contributed by atoms with E-state index >= 15 is 0 Å². The Balaban J connectivity index is 1.76.